The van der Waals surface area contributed by atoms with Gasteiger partial charge in [0, 0.05) is 24.7 Å². The van der Waals surface area contributed by atoms with Crippen molar-refractivity contribution in [2.75, 3.05) is 17.7 Å². The molecule has 3 N–H and O–H groups in total. The number of rotatable bonds is 3. The Morgan fingerprint density at radius 2 is 2.24 bits per heavy atom. The highest BCUT2D eigenvalue weighted by molar-refractivity contribution is 9.10. The first-order chi connectivity index (χ1) is 7.95. The molecular weight excluding hydrogens is 284 g/mol. The van der Waals surface area contributed by atoms with E-state index in [9.17, 15) is 5.11 Å². The summed E-state index contributed by atoms with van der Waals surface area (Å²) in [6, 6.07) is 0.230. The zero-order valence-electron chi connectivity index (χ0n) is 10.2. The summed E-state index contributed by atoms with van der Waals surface area (Å²) < 4.78 is 0.827. The summed E-state index contributed by atoms with van der Waals surface area (Å²) in [5.41, 5.74) is -0.121. The molecule has 1 fully saturated rings. The Morgan fingerprint density at radius 3 is 2.76 bits per heavy atom. The van der Waals surface area contributed by atoms with Gasteiger partial charge in [-0.25, -0.2) is 4.98 Å². The maximum atomic E-state index is 9.70. The van der Waals surface area contributed by atoms with Crippen LogP contribution in [0.4, 0.5) is 11.8 Å². The van der Waals surface area contributed by atoms with Gasteiger partial charge in [0.1, 0.15) is 5.82 Å². The van der Waals surface area contributed by atoms with Gasteiger partial charge in [0.15, 0.2) is 0 Å². The van der Waals surface area contributed by atoms with E-state index in [-0.39, 0.29) is 17.6 Å². The van der Waals surface area contributed by atoms with Crippen molar-refractivity contribution in [1.82, 2.24) is 9.97 Å². The maximum Gasteiger partial charge on any atom is 0.224 e. The number of nitrogens with zero attached hydrogens (tertiary/aromatic N) is 2. The van der Waals surface area contributed by atoms with E-state index in [1.165, 1.54) is 0 Å². The molecule has 1 aliphatic rings. The van der Waals surface area contributed by atoms with Crippen LogP contribution in [0.5, 0.6) is 0 Å². The molecule has 0 aliphatic heterocycles. The molecule has 1 aromatic rings. The highest BCUT2D eigenvalue weighted by Crippen LogP contribution is 2.42. The molecule has 2 atom stereocenters. The van der Waals surface area contributed by atoms with Gasteiger partial charge in [0.25, 0.3) is 0 Å². The summed E-state index contributed by atoms with van der Waals surface area (Å²) in [5, 5.41) is 15.9. The van der Waals surface area contributed by atoms with Gasteiger partial charge < -0.3 is 15.7 Å². The molecule has 1 saturated carbocycles. The van der Waals surface area contributed by atoms with Crippen LogP contribution in [0.25, 0.3) is 0 Å². The fraction of sp³-hybridized carbons (Fsp3) is 0.636. The standard InChI is InChI=1S/C11H17BrN4O/c1-11(2)7(4-8(11)17)15-9-6(12)5-14-10(13-3)16-9/h5,7-8,17H,4H2,1-3H3,(H2,13,14,15,16). The minimum absolute atomic E-state index is 0.121. The predicted octanol–water partition coefficient (Wildman–Crippen LogP) is 1.85. The molecule has 94 valence electrons. The van der Waals surface area contributed by atoms with Gasteiger partial charge in [-0.05, 0) is 22.4 Å². The number of aliphatic hydroxyl groups is 1. The Hall–Kier alpha value is -0.880. The lowest BCUT2D eigenvalue weighted by Crippen LogP contribution is -2.57. The van der Waals surface area contributed by atoms with Crippen molar-refractivity contribution >= 4 is 27.7 Å². The van der Waals surface area contributed by atoms with Gasteiger partial charge in [0.2, 0.25) is 5.95 Å². The van der Waals surface area contributed by atoms with Gasteiger partial charge in [-0.2, -0.15) is 4.98 Å². The van der Waals surface area contributed by atoms with Crippen LogP contribution in [0.2, 0.25) is 0 Å². The van der Waals surface area contributed by atoms with Crippen LogP contribution in [-0.4, -0.2) is 34.3 Å². The van der Waals surface area contributed by atoms with Crippen LogP contribution in [0.15, 0.2) is 10.7 Å². The van der Waals surface area contributed by atoms with E-state index < -0.39 is 0 Å². The predicted molar refractivity (Wildman–Crippen MR) is 71.1 cm³/mol. The summed E-state index contributed by atoms with van der Waals surface area (Å²) >= 11 is 3.42. The van der Waals surface area contributed by atoms with Crippen molar-refractivity contribution in [2.24, 2.45) is 5.41 Å². The molecule has 0 saturated heterocycles. The molecule has 6 heteroatoms. The second-order valence-corrected chi connectivity index (χ2v) is 5.76. The van der Waals surface area contributed by atoms with Crippen LogP contribution in [0, 0.1) is 5.41 Å². The Morgan fingerprint density at radius 1 is 1.53 bits per heavy atom. The molecule has 1 aliphatic carbocycles. The molecule has 1 heterocycles. The molecule has 0 spiro atoms. The third-order valence-corrected chi connectivity index (χ3v) is 4.07. The van der Waals surface area contributed by atoms with Crippen molar-refractivity contribution in [3.05, 3.63) is 10.7 Å². The molecule has 2 rings (SSSR count). The third kappa shape index (κ3) is 2.24. The summed E-state index contributed by atoms with van der Waals surface area (Å²) in [6.07, 6.45) is 2.21. The van der Waals surface area contributed by atoms with Gasteiger partial charge in [-0.1, -0.05) is 13.8 Å². The summed E-state index contributed by atoms with van der Waals surface area (Å²) in [6.45, 7) is 4.10. The van der Waals surface area contributed by atoms with E-state index in [0.29, 0.717) is 5.95 Å². The topological polar surface area (TPSA) is 70.1 Å². The highest BCUT2D eigenvalue weighted by atomic mass is 79.9. The monoisotopic (exact) mass is 300 g/mol. The average Bonchev–Trinajstić information content (AvgIpc) is 2.31. The van der Waals surface area contributed by atoms with Gasteiger partial charge >= 0.3 is 0 Å². The van der Waals surface area contributed by atoms with Crippen molar-refractivity contribution in [3.63, 3.8) is 0 Å². The van der Waals surface area contributed by atoms with E-state index in [1.54, 1.807) is 13.2 Å². The molecule has 0 aromatic carbocycles. The summed E-state index contributed by atoms with van der Waals surface area (Å²) in [7, 11) is 1.78. The lowest BCUT2D eigenvalue weighted by Gasteiger charge is -2.49. The Labute approximate surface area is 109 Å². The lowest BCUT2D eigenvalue weighted by atomic mass is 9.64. The molecule has 0 amide bonds. The molecule has 0 radical (unpaired) electrons. The number of aliphatic hydroxyl groups excluding tert-OH is 1. The van der Waals surface area contributed by atoms with Crippen molar-refractivity contribution in [2.45, 2.75) is 32.4 Å². The largest absolute Gasteiger partial charge is 0.392 e. The van der Waals surface area contributed by atoms with Gasteiger partial charge in [-0.15, -0.1) is 0 Å². The average molecular weight is 301 g/mol. The number of anilines is 2. The fourth-order valence-electron chi connectivity index (χ4n) is 1.90. The van der Waals surface area contributed by atoms with Crippen LogP contribution in [0.1, 0.15) is 20.3 Å². The molecule has 5 nitrogen and oxygen atoms in total. The number of hydrogen-bond donors (Lipinski definition) is 3. The first kappa shape index (κ1) is 12.6. The van der Waals surface area contributed by atoms with E-state index in [0.717, 1.165) is 16.7 Å². The molecule has 17 heavy (non-hydrogen) atoms. The Balaban J connectivity index is 2.14. The number of nitrogens with one attached hydrogen (secondary N) is 2. The number of halogens is 1. The van der Waals surface area contributed by atoms with Crippen LogP contribution in [-0.2, 0) is 0 Å². The first-order valence-corrected chi connectivity index (χ1v) is 6.39. The normalized spacial score (nSPS) is 26.2. The van der Waals surface area contributed by atoms with Crippen LogP contribution < -0.4 is 10.6 Å². The summed E-state index contributed by atoms with van der Waals surface area (Å²) in [5.74, 6) is 1.34. The molecule has 1 aromatic heterocycles. The third-order valence-electron chi connectivity index (χ3n) is 3.49. The summed E-state index contributed by atoms with van der Waals surface area (Å²) in [4.78, 5) is 8.44. The van der Waals surface area contributed by atoms with E-state index in [2.05, 4.69) is 36.5 Å². The quantitative estimate of drug-likeness (QED) is 0.795. The first-order valence-electron chi connectivity index (χ1n) is 5.60. The van der Waals surface area contributed by atoms with Crippen molar-refractivity contribution in [1.29, 1.82) is 0 Å². The second-order valence-electron chi connectivity index (χ2n) is 4.91. The van der Waals surface area contributed by atoms with Crippen LogP contribution in [0.3, 0.4) is 0 Å². The minimum Gasteiger partial charge on any atom is -0.392 e. The SMILES string of the molecule is CNc1ncc(Br)c(NC2CC(O)C2(C)C)n1. The van der Waals surface area contributed by atoms with Crippen LogP contribution >= 0.6 is 15.9 Å². The number of hydrogen-bond acceptors (Lipinski definition) is 5. The second kappa shape index (κ2) is 4.42. The van der Waals surface area contributed by atoms with E-state index in [1.807, 2.05) is 13.8 Å². The van der Waals surface area contributed by atoms with Crippen molar-refractivity contribution in [3.8, 4) is 0 Å². The zero-order chi connectivity index (χ0) is 12.6. The molecule has 2 unspecified atom stereocenters. The van der Waals surface area contributed by atoms with Gasteiger partial charge in [0.05, 0.1) is 10.6 Å². The Bertz CT molecular complexity index is 424. The molecular formula is C11H17BrN4O. The Kier molecular flexibility index (Phi) is 3.27. The maximum absolute atomic E-state index is 9.70. The van der Waals surface area contributed by atoms with E-state index >= 15 is 0 Å². The zero-order valence-corrected chi connectivity index (χ0v) is 11.7. The smallest absolute Gasteiger partial charge is 0.224 e. The van der Waals surface area contributed by atoms with Crippen molar-refractivity contribution < 1.29 is 5.11 Å². The highest BCUT2D eigenvalue weighted by Gasteiger charge is 2.47. The minimum atomic E-state index is -0.246. The lowest BCUT2D eigenvalue weighted by molar-refractivity contribution is -0.0511. The van der Waals surface area contributed by atoms with E-state index in [4.69, 9.17) is 0 Å². The van der Waals surface area contributed by atoms with Gasteiger partial charge in [-0.3, -0.25) is 0 Å². The number of aromatic nitrogens is 2. The fourth-order valence-corrected chi connectivity index (χ4v) is 2.21. The molecule has 0 bridgehead atoms.